The molecule has 2 heterocycles. The zero-order chi connectivity index (χ0) is 13.8. The Labute approximate surface area is 112 Å². The molecule has 5 heteroatoms. The highest BCUT2D eigenvalue weighted by molar-refractivity contribution is 5.91. The van der Waals surface area contributed by atoms with Gasteiger partial charge in [-0.25, -0.2) is 4.98 Å². The molecule has 0 saturated carbocycles. The number of nitrogens with zero attached hydrogens (tertiary/aromatic N) is 3. The van der Waals surface area contributed by atoms with Gasteiger partial charge in [-0.2, -0.15) is 5.10 Å². The fourth-order valence-corrected chi connectivity index (χ4v) is 1.63. The van der Waals surface area contributed by atoms with Gasteiger partial charge in [-0.15, -0.1) is 0 Å². The summed E-state index contributed by atoms with van der Waals surface area (Å²) in [6.45, 7) is 6.58. The predicted octanol–water partition coefficient (Wildman–Crippen LogP) is 2.56. The molecule has 0 aliphatic rings. The van der Waals surface area contributed by atoms with E-state index in [2.05, 4.69) is 15.4 Å². The SMILES string of the molecule is CCn1cc(-c2ccnc(NC(=O)C(C)C)c2)cn1. The molecule has 0 unspecified atom stereocenters. The summed E-state index contributed by atoms with van der Waals surface area (Å²) in [4.78, 5) is 15.8. The van der Waals surface area contributed by atoms with Crippen LogP contribution in [0.5, 0.6) is 0 Å². The first-order chi connectivity index (χ1) is 9.10. The first-order valence-corrected chi connectivity index (χ1v) is 6.40. The fraction of sp³-hybridized carbons (Fsp3) is 0.357. The van der Waals surface area contributed by atoms with Crippen molar-refractivity contribution in [2.24, 2.45) is 5.92 Å². The number of rotatable bonds is 4. The lowest BCUT2D eigenvalue weighted by molar-refractivity contribution is -0.118. The van der Waals surface area contributed by atoms with Gasteiger partial charge >= 0.3 is 0 Å². The van der Waals surface area contributed by atoms with Crippen molar-refractivity contribution in [3.8, 4) is 11.1 Å². The Morgan fingerprint density at radius 2 is 2.21 bits per heavy atom. The molecule has 0 bridgehead atoms. The molecule has 5 nitrogen and oxygen atoms in total. The summed E-state index contributed by atoms with van der Waals surface area (Å²) in [5.41, 5.74) is 2.01. The summed E-state index contributed by atoms with van der Waals surface area (Å²) in [5.74, 6) is 0.475. The number of aromatic nitrogens is 3. The van der Waals surface area contributed by atoms with Gasteiger partial charge in [0, 0.05) is 30.4 Å². The van der Waals surface area contributed by atoms with Crippen LogP contribution in [0.4, 0.5) is 5.82 Å². The van der Waals surface area contributed by atoms with Gasteiger partial charge in [0.2, 0.25) is 5.91 Å². The van der Waals surface area contributed by atoms with E-state index in [1.165, 1.54) is 0 Å². The zero-order valence-electron chi connectivity index (χ0n) is 11.4. The molecule has 100 valence electrons. The number of nitrogens with one attached hydrogen (secondary N) is 1. The van der Waals surface area contributed by atoms with Gasteiger partial charge in [-0.05, 0) is 24.6 Å². The fourth-order valence-electron chi connectivity index (χ4n) is 1.63. The van der Waals surface area contributed by atoms with Gasteiger partial charge in [0.25, 0.3) is 0 Å². The number of hydrogen-bond donors (Lipinski definition) is 1. The first-order valence-electron chi connectivity index (χ1n) is 6.40. The van der Waals surface area contributed by atoms with Crippen LogP contribution in [0.15, 0.2) is 30.7 Å². The minimum Gasteiger partial charge on any atom is -0.310 e. The number of aryl methyl sites for hydroxylation is 1. The quantitative estimate of drug-likeness (QED) is 0.916. The molecule has 0 saturated heterocycles. The van der Waals surface area contributed by atoms with Crippen molar-refractivity contribution in [3.63, 3.8) is 0 Å². The van der Waals surface area contributed by atoms with E-state index < -0.39 is 0 Å². The van der Waals surface area contributed by atoms with Crippen LogP contribution in [0.3, 0.4) is 0 Å². The summed E-state index contributed by atoms with van der Waals surface area (Å²) >= 11 is 0. The minimum atomic E-state index is -0.0618. The van der Waals surface area contributed by atoms with Gasteiger partial charge in [-0.1, -0.05) is 13.8 Å². The maximum Gasteiger partial charge on any atom is 0.228 e. The topological polar surface area (TPSA) is 59.8 Å². The van der Waals surface area contributed by atoms with E-state index in [1.807, 2.05) is 50.0 Å². The molecule has 1 amide bonds. The van der Waals surface area contributed by atoms with Crippen LogP contribution >= 0.6 is 0 Å². The lowest BCUT2D eigenvalue weighted by Crippen LogP contribution is -2.18. The molecular weight excluding hydrogens is 240 g/mol. The monoisotopic (exact) mass is 258 g/mol. The lowest BCUT2D eigenvalue weighted by Gasteiger charge is -2.07. The van der Waals surface area contributed by atoms with Crippen LogP contribution in [0.25, 0.3) is 11.1 Å². The molecular formula is C14H18N4O. The van der Waals surface area contributed by atoms with E-state index >= 15 is 0 Å². The molecule has 0 aromatic carbocycles. The number of anilines is 1. The molecule has 0 fully saturated rings. The van der Waals surface area contributed by atoms with Crippen molar-refractivity contribution in [1.29, 1.82) is 0 Å². The molecule has 2 aromatic rings. The third kappa shape index (κ3) is 3.19. The summed E-state index contributed by atoms with van der Waals surface area (Å²) in [7, 11) is 0. The van der Waals surface area contributed by atoms with E-state index in [-0.39, 0.29) is 11.8 Å². The van der Waals surface area contributed by atoms with Gasteiger partial charge < -0.3 is 5.32 Å². The van der Waals surface area contributed by atoms with Gasteiger partial charge in [0.05, 0.1) is 6.20 Å². The summed E-state index contributed by atoms with van der Waals surface area (Å²) in [5, 5.41) is 7.03. The van der Waals surface area contributed by atoms with Crippen LogP contribution in [0.1, 0.15) is 20.8 Å². The van der Waals surface area contributed by atoms with E-state index in [0.717, 1.165) is 17.7 Å². The van der Waals surface area contributed by atoms with Crippen molar-refractivity contribution in [2.75, 3.05) is 5.32 Å². The van der Waals surface area contributed by atoms with Crippen LogP contribution in [-0.4, -0.2) is 20.7 Å². The molecule has 2 aromatic heterocycles. The van der Waals surface area contributed by atoms with Crippen molar-refractivity contribution in [1.82, 2.24) is 14.8 Å². The van der Waals surface area contributed by atoms with Crippen LogP contribution < -0.4 is 5.32 Å². The zero-order valence-corrected chi connectivity index (χ0v) is 11.4. The molecule has 0 spiro atoms. The van der Waals surface area contributed by atoms with E-state index in [9.17, 15) is 4.79 Å². The maximum absolute atomic E-state index is 11.6. The van der Waals surface area contributed by atoms with Crippen molar-refractivity contribution < 1.29 is 4.79 Å². The van der Waals surface area contributed by atoms with E-state index in [1.54, 1.807) is 6.20 Å². The van der Waals surface area contributed by atoms with E-state index in [4.69, 9.17) is 0 Å². The maximum atomic E-state index is 11.6. The Bertz CT molecular complexity index is 574. The Morgan fingerprint density at radius 1 is 1.42 bits per heavy atom. The van der Waals surface area contributed by atoms with Crippen LogP contribution in [-0.2, 0) is 11.3 Å². The van der Waals surface area contributed by atoms with E-state index in [0.29, 0.717) is 5.82 Å². The number of amides is 1. The summed E-state index contributed by atoms with van der Waals surface area (Å²) in [6.07, 6.45) is 5.48. The van der Waals surface area contributed by atoms with Crippen molar-refractivity contribution in [2.45, 2.75) is 27.3 Å². The highest BCUT2D eigenvalue weighted by Gasteiger charge is 2.09. The highest BCUT2D eigenvalue weighted by Crippen LogP contribution is 2.20. The first kappa shape index (κ1) is 13.3. The summed E-state index contributed by atoms with van der Waals surface area (Å²) in [6, 6.07) is 3.76. The van der Waals surface area contributed by atoms with Crippen LogP contribution in [0.2, 0.25) is 0 Å². The smallest absolute Gasteiger partial charge is 0.228 e. The van der Waals surface area contributed by atoms with Gasteiger partial charge in [-0.3, -0.25) is 9.48 Å². The standard InChI is InChI=1S/C14H18N4O/c1-4-18-9-12(8-16-18)11-5-6-15-13(7-11)17-14(19)10(2)3/h5-10H,4H2,1-3H3,(H,15,17,19). The molecule has 2 rings (SSSR count). The second-order valence-corrected chi connectivity index (χ2v) is 4.66. The Kier molecular flexibility index (Phi) is 3.94. The number of carbonyl (C=O) groups is 1. The number of hydrogen-bond acceptors (Lipinski definition) is 3. The molecule has 1 N–H and O–H groups in total. The largest absolute Gasteiger partial charge is 0.310 e. The normalized spacial score (nSPS) is 10.7. The molecule has 0 aliphatic heterocycles. The van der Waals surface area contributed by atoms with Gasteiger partial charge in [0.15, 0.2) is 0 Å². The Hall–Kier alpha value is -2.17. The van der Waals surface area contributed by atoms with Crippen LogP contribution in [0, 0.1) is 5.92 Å². The van der Waals surface area contributed by atoms with Crippen molar-refractivity contribution in [3.05, 3.63) is 30.7 Å². The Balaban J connectivity index is 2.21. The van der Waals surface area contributed by atoms with Gasteiger partial charge in [0.1, 0.15) is 5.82 Å². The molecule has 0 radical (unpaired) electrons. The second kappa shape index (κ2) is 5.65. The average Bonchev–Trinajstić information content (AvgIpc) is 2.87. The Morgan fingerprint density at radius 3 is 2.84 bits per heavy atom. The van der Waals surface area contributed by atoms with Crippen molar-refractivity contribution >= 4 is 11.7 Å². The minimum absolute atomic E-state index is 0.0334. The third-order valence-corrected chi connectivity index (χ3v) is 2.83. The number of carbonyl (C=O) groups excluding carboxylic acids is 1. The molecule has 19 heavy (non-hydrogen) atoms. The average molecular weight is 258 g/mol. The summed E-state index contributed by atoms with van der Waals surface area (Å²) < 4.78 is 1.86. The molecule has 0 atom stereocenters. The lowest BCUT2D eigenvalue weighted by atomic mass is 10.1. The molecule has 0 aliphatic carbocycles. The predicted molar refractivity (Wildman–Crippen MR) is 74.6 cm³/mol. The highest BCUT2D eigenvalue weighted by atomic mass is 16.1. The second-order valence-electron chi connectivity index (χ2n) is 4.66. The number of pyridine rings is 1. The third-order valence-electron chi connectivity index (χ3n) is 2.83.